The second-order valence-electron chi connectivity index (χ2n) is 14.3. The minimum absolute atomic E-state index is 0.436. The van der Waals surface area contributed by atoms with Crippen molar-refractivity contribution in [2.24, 2.45) is 0 Å². The molecule has 0 bridgehead atoms. The van der Waals surface area contributed by atoms with Gasteiger partial charge in [0.25, 0.3) is 0 Å². The average molecular weight is 633 g/mol. The summed E-state index contributed by atoms with van der Waals surface area (Å²) in [7, 11) is -0.470. The van der Waals surface area contributed by atoms with Gasteiger partial charge in [0, 0.05) is 0 Å². The summed E-state index contributed by atoms with van der Waals surface area (Å²) in [5.41, 5.74) is 7.57. The third kappa shape index (κ3) is 4.72. The van der Waals surface area contributed by atoms with Crippen molar-refractivity contribution in [2.45, 2.75) is 38.9 Å². The monoisotopic (exact) mass is 632 g/mol. The van der Waals surface area contributed by atoms with E-state index in [1.165, 1.54) is 76.5 Å². The maximum absolute atomic E-state index is 6.67. The zero-order chi connectivity index (χ0) is 33.3. The molecule has 0 unspecified atom stereocenters. The van der Waals surface area contributed by atoms with Crippen LogP contribution in [0.4, 0.5) is 0 Å². The van der Waals surface area contributed by atoms with E-state index in [0.29, 0.717) is 0 Å². The lowest BCUT2D eigenvalue weighted by Gasteiger charge is -2.32. The highest BCUT2D eigenvalue weighted by molar-refractivity contribution is 6.66. The number of hydrogen-bond acceptors (Lipinski definition) is 2. The van der Waals surface area contributed by atoms with E-state index in [2.05, 4.69) is 179 Å². The van der Waals surface area contributed by atoms with E-state index in [-0.39, 0.29) is 0 Å². The molecule has 236 valence electrons. The third-order valence-corrected chi connectivity index (χ3v) is 10.9. The molecule has 0 saturated carbocycles. The molecular formula is C46H37BO2. The van der Waals surface area contributed by atoms with Crippen molar-refractivity contribution in [3.05, 3.63) is 152 Å². The molecule has 0 spiro atoms. The standard InChI is InChI=1S/C46H37BO2/c1-45(2)46(3,4)49-47(48-45)41-29-28-39(40-27-26-32-16-8-9-17-34(32)44(40)41)43-37-20-12-10-18-35(37)42(36-19-11-13-21-38(36)43)33-24-22-31(23-25-33)30-14-6-5-7-15-30/h5-29H,1-4H3. The molecule has 0 amide bonds. The van der Waals surface area contributed by atoms with Crippen LogP contribution in [-0.4, -0.2) is 18.3 Å². The maximum atomic E-state index is 6.67. The molecule has 9 rings (SSSR count). The Bertz CT molecular complexity index is 2480. The lowest BCUT2D eigenvalue weighted by atomic mass is 9.73. The fraction of sp³-hybridized carbons (Fsp3) is 0.130. The average Bonchev–Trinajstić information content (AvgIpc) is 3.36. The second-order valence-corrected chi connectivity index (χ2v) is 14.3. The predicted molar refractivity (Wildman–Crippen MR) is 208 cm³/mol. The van der Waals surface area contributed by atoms with Gasteiger partial charge >= 0.3 is 7.12 Å². The van der Waals surface area contributed by atoms with Crippen molar-refractivity contribution < 1.29 is 9.31 Å². The van der Waals surface area contributed by atoms with Gasteiger partial charge in [0.1, 0.15) is 0 Å². The summed E-state index contributed by atoms with van der Waals surface area (Å²) < 4.78 is 13.3. The Kier molecular flexibility index (Phi) is 6.81. The quantitative estimate of drug-likeness (QED) is 0.109. The summed E-state index contributed by atoms with van der Waals surface area (Å²) in [6, 6.07) is 55.2. The van der Waals surface area contributed by atoms with Gasteiger partial charge in [-0.1, -0.05) is 152 Å². The molecule has 1 heterocycles. The topological polar surface area (TPSA) is 18.5 Å². The van der Waals surface area contributed by atoms with Gasteiger partial charge in [0.05, 0.1) is 11.2 Å². The highest BCUT2D eigenvalue weighted by Gasteiger charge is 2.52. The molecule has 8 aromatic rings. The summed E-state index contributed by atoms with van der Waals surface area (Å²) in [4.78, 5) is 0. The van der Waals surface area contributed by atoms with E-state index < -0.39 is 18.3 Å². The third-order valence-electron chi connectivity index (χ3n) is 10.9. The van der Waals surface area contributed by atoms with Crippen LogP contribution in [0.15, 0.2) is 152 Å². The molecule has 2 nitrogen and oxygen atoms in total. The summed E-state index contributed by atoms with van der Waals surface area (Å²) in [5.74, 6) is 0. The lowest BCUT2D eigenvalue weighted by Crippen LogP contribution is -2.41. The van der Waals surface area contributed by atoms with Crippen molar-refractivity contribution in [1.29, 1.82) is 0 Å². The Hall–Kier alpha value is -5.22. The van der Waals surface area contributed by atoms with E-state index in [0.717, 1.165) is 5.46 Å². The smallest absolute Gasteiger partial charge is 0.399 e. The Morgan fingerprint density at radius 3 is 1.49 bits per heavy atom. The van der Waals surface area contributed by atoms with Gasteiger partial charge in [-0.2, -0.15) is 0 Å². The van der Waals surface area contributed by atoms with Gasteiger partial charge in [0.15, 0.2) is 0 Å². The van der Waals surface area contributed by atoms with E-state index in [4.69, 9.17) is 9.31 Å². The van der Waals surface area contributed by atoms with Crippen molar-refractivity contribution in [3.63, 3.8) is 0 Å². The SMILES string of the molecule is CC1(C)OB(c2ccc(-c3c4ccccc4c(-c4ccc(-c5ccccc5)cc4)c4ccccc34)c3ccc4ccccc4c23)OC1(C)C. The van der Waals surface area contributed by atoms with Crippen LogP contribution in [0.25, 0.3) is 76.5 Å². The number of hydrogen-bond donors (Lipinski definition) is 0. The minimum Gasteiger partial charge on any atom is -0.399 e. The van der Waals surface area contributed by atoms with Crippen LogP contribution >= 0.6 is 0 Å². The molecule has 0 atom stereocenters. The fourth-order valence-corrected chi connectivity index (χ4v) is 7.73. The van der Waals surface area contributed by atoms with Crippen LogP contribution in [0.3, 0.4) is 0 Å². The van der Waals surface area contributed by atoms with Crippen LogP contribution in [0.5, 0.6) is 0 Å². The maximum Gasteiger partial charge on any atom is 0.495 e. The van der Waals surface area contributed by atoms with Crippen LogP contribution in [0, 0.1) is 0 Å². The predicted octanol–water partition coefficient (Wildman–Crippen LogP) is 11.6. The summed E-state index contributed by atoms with van der Waals surface area (Å²) >= 11 is 0. The van der Waals surface area contributed by atoms with Gasteiger partial charge in [-0.25, -0.2) is 0 Å². The molecule has 0 N–H and O–H groups in total. The number of rotatable bonds is 4. The molecule has 0 aromatic heterocycles. The van der Waals surface area contributed by atoms with Crippen molar-refractivity contribution >= 4 is 55.7 Å². The zero-order valence-corrected chi connectivity index (χ0v) is 28.3. The molecule has 3 heteroatoms. The Morgan fingerprint density at radius 2 is 0.878 bits per heavy atom. The van der Waals surface area contributed by atoms with Crippen LogP contribution in [0.1, 0.15) is 27.7 Å². The molecule has 0 aliphatic carbocycles. The largest absolute Gasteiger partial charge is 0.495 e. The van der Waals surface area contributed by atoms with Gasteiger partial charge in [-0.3, -0.25) is 0 Å². The van der Waals surface area contributed by atoms with E-state index in [1.54, 1.807) is 0 Å². The van der Waals surface area contributed by atoms with Crippen LogP contribution < -0.4 is 5.46 Å². The molecule has 49 heavy (non-hydrogen) atoms. The zero-order valence-electron chi connectivity index (χ0n) is 28.3. The Labute approximate surface area is 288 Å². The molecule has 1 fully saturated rings. The number of fused-ring (bicyclic) bond motifs is 5. The fourth-order valence-electron chi connectivity index (χ4n) is 7.73. The molecule has 1 saturated heterocycles. The molecule has 1 aliphatic heterocycles. The van der Waals surface area contributed by atoms with E-state index in [9.17, 15) is 0 Å². The van der Waals surface area contributed by atoms with Gasteiger partial charge in [-0.05, 0) is 110 Å². The highest BCUT2D eigenvalue weighted by atomic mass is 16.7. The van der Waals surface area contributed by atoms with E-state index >= 15 is 0 Å². The van der Waals surface area contributed by atoms with Gasteiger partial charge in [0.2, 0.25) is 0 Å². The van der Waals surface area contributed by atoms with E-state index in [1.807, 2.05) is 0 Å². The first kappa shape index (κ1) is 29.9. The van der Waals surface area contributed by atoms with Crippen molar-refractivity contribution in [3.8, 4) is 33.4 Å². The molecule has 8 aromatic carbocycles. The Morgan fingerprint density at radius 1 is 0.388 bits per heavy atom. The summed E-state index contributed by atoms with van der Waals surface area (Å²) in [6.07, 6.45) is 0. The molecule has 1 aliphatic rings. The van der Waals surface area contributed by atoms with Crippen LogP contribution in [-0.2, 0) is 9.31 Å². The second kappa shape index (κ2) is 11.2. The van der Waals surface area contributed by atoms with Crippen LogP contribution in [0.2, 0.25) is 0 Å². The number of benzene rings is 8. The normalized spacial score (nSPS) is 15.5. The first-order valence-corrected chi connectivity index (χ1v) is 17.2. The minimum atomic E-state index is -0.470. The lowest BCUT2D eigenvalue weighted by molar-refractivity contribution is 0.00578. The van der Waals surface area contributed by atoms with Crippen molar-refractivity contribution in [2.75, 3.05) is 0 Å². The summed E-state index contributed by atoms with van der Waals surface area (Å²) in [6.45, 7) is 8.49. The van der Waals surface area contributed by atoms with Gasteiger partial charge < -0.3 is 9.31 Å². The first-order valence-electron chi connectivity index (χ1n) is 17.2. The Balaban J connectivity index is 1.32. The first-order chi connectivity index (χ1) is 23.8. The molecule has 0 radical (unpaired) electrons. The van der Waals surface area contributed by atoms with Crippen molar-refractivity contribution in [1.82, 2.24) is 0 Å². The highest BCUT2D eigenvalue weighted by Crippen LogP contribution is 2.46. The van der Waals surface area contributed by atoms with Gasteiger partial charge in [-0.15, -0.1) is 0 Å². The summed E-state index contributed by atoms with van der Waals surface area (Å²) in [5, 5.41) is 9.75. The molecular weight excluding hydrogens is 595 g/mol.